The lowest BCUT2D eigenvalue weighted by Crippen LogP contribution is -2.44. The van der Waals surface area contributed by atoms with E-state index >= 15 is 4.39 Å². The van der Waals surface area contributed by atoms with Crippen LogP contribution in [0.2, 0.25) is 5.02 Å². The summed E-state index contributed by atoms with van der Waals surface area (Å²) >= 11 is 5.83. The number of nitrogens with one attached hydrogen (secondary N) is 3. The second-order valence-corrected chi connectivity index (χ2v) is 9.61. The summed E-state index contributed by atoms with van der Waals surface area (Å²) in [6.07, 6.45) is 3.79. The molecule has 2 aromatic carbocycles. The molecule has 2 unspecified atom stereocenters. The van der Waals surface area contributed by atoms with Gasteiger partial charge in [0.1, 0.15) is 17.3 Å². The number of anilines is 1. The van der Waals surface area contributed by atoms with Gasteiger partial charge in [-0.25, -0.2) is 13.8 Å². The predicted octanol–water partition coefficient (Wildman–Crippen LogP) is 4.79. The fourth-order valence-corrected chi connectivity index (χ4v) is 4.87. The summed E-state index contributed by atoms with van der Waals surface area (Å²) in [4.78, 5) is 17.7. The molecule has 9 heteroatoms. The van der Waals surface area contributed by atoms with Gasteiger partial charge in [0, 0.05) is 42.9 Å². The predicted molar refractivity (Wildman–Crippen MR) is 132 cm³/mol. The van der Waals surface area contributed by atoms with Gasteiger partial charge in [-0.05, 0) is 67.1 Å². The zero-order chi connectivity index (χ0) is 24.4. The first-order valence-corrected chi connectivity index (χ1v) is 12.2. The first kappa shape index (κ1) is 23.9. The summed E-state index contributed by atoms with van der Waals surface area (Å²) in [7, 11) is 0. The molecule has 2 aliphatic heterocycles. The maximum atomic E-state index is 15.8. The highest BCUT2D eigenvalue weighted by atomic mass is 35.5. The molecule has 2 saturated heterocycles. The van der Waals surface area contributed by atoms with Crippen molar-refractivity contribution >= 4 is 34.1 Å². The molecule has 3 heterocycles. The Labute approximate surface area is 207 Å². The quantitative estimate of drug-likeness (QED) is 0.454. The van der Waals surface area contributed by atoms with E-state index in [1.165, 1.54) is 12.1 Å². The maximum absolute atomic E-state index is 15.8. The van der Waals surface area contributed by atoms with E-state index in [1.54, 1.807) is 24.4 Å². The van der Waals surface area contributed by atoms with Gasteiger partial charge in [0.25, 0.3) is 5.91 Å². The first-order valence-electron chi connectivity index (χ1n) is 11.8. The summed E-state index contributed by atoms with van der Waals surface area (Å²) in [6, 6.07) is 10.6. The molecule has 1 aromatic heterocycles. The van der Waals surface area contributed by atoms with Crippen molar-refractivity contribution in [1.82, 2.24) is 15.6 Å². The summed E-state index contributed by atoms with van der Waals surface area (Å²) in [5.41, 5.74) is -1.04. The molecule has 3 aromatic rings. The number of rotatable bonds is 6. The summed E-state index contributed by atoms with van der Waals surface area (Å²) in [6.45, 7) is 1.98. The Morgan fingerprint density at radius 1 is 1.17 bits per heavy atom. The van der Waals surface area contributed by atoms with Crippen LogP contribution in [0.3, 0.4) is 0 Å². The van der Waals surface area contributed by atoms with Crippen LogP contribution in [0.1, 0.15) is 41.2 Å². The molecule has 5 rings (SSSR count). The molecule has 2 fully saturated rings. The third kappa shape index (κ3) is 5.24. The third-order valence-corrected chi connectivity index (χ3v) is 7.07. The fourth-order valence-electron chi connectivity index (χ4n) is 4.76. The van der Waals surface area contributed by atoms with Gasteiger partial charge in [-0.1, -0.05) is 23.7 Å². The molecule has 0 bridgehead atoms. The lowest BCUT2D eigenvalue weighted by atomic mass is 9.88. The molecule has 2 atom stereocenters. The highest BCUT2D eigenvalue weighted by Gasteiger charge is 2.44. The molecule has 35 heavy (non-hydrogen) atoms. The first-order chi connectivity index (χ1) is 16.9. The highest BCUT2D eigenvalue weighted by molar-refractivity contribution is 6.30. The topological polar surface area (TPSA) is 75.3 Å². The number of halogens is 3. The normalized spacial score (nSPS) is 21.7. The number of carbonyl (C=O) groups is 1. The van der Waals surface area contributed by atoms with E-state index in [4.69, 9.17) is 16.3 Å². The van der Waals surface area contributed by atoms with Crippen LogP contribution in [0.25, 0.3) is 10.8 Å². The maximum Gasteiger partial charge on any atom is 0.251 e. The zero-order valence-corrected chi connectivity index (χ0v) is 19.9. The van der Waals surface area contributed by atoms with Crippen molar-refractivity contribution < 1.29 is 18.3 Å². The number of amides is 1. The number of hydrogen-bond acceptors (Lipinski definition) is 5. The molecular formula is C26H27ClF2N4O2. The second-order valence-electron chi connectivity index (χ2n) is 9.20. The van der Waals surface area contributed by atoms with Gasteiger partial charge >= 0.3 is 0 Å². The second kappa shape index (κ2) is 10.0. The van der Waals surface area contributed by atoms with Gasteiger partial charge in [0.2, 0.25) is 0 Å². The Hall–Kier alpha value is -2.81. The average molecular weight is 501 g/mol. The van der Waals surface area contributed by atoms with Crippen LogP contribution in [0.4, 0.5) is 14.6 Å². The van der Waals surface area contributed by atoms with Crippen molar-refractivity contribution in [3.63, 3.8) is 0 Å². The van der Waals surface area contributed by atoms with Crippen LogP contribution in [-0.2, 0) is 4.74 Å². The summed E-state index contributed by atoms with van der Waals surface area (Å²) in [5, 5.41) is 10.9. The molecule has 6 nitrogen and oxygen atoms in total. The number of ether oxygens (including phenoxy) is 1. The lowest BCUT2D eigenvalue weighted by Gasteiger charge is -2.31. The lowest BCUT2D eigenvalue weighted by molar-refractivity contribution is 0.0812. The Kier molecular flexibility index (Phi) is 6.86. The van der Waals surface area contributed by atoms with Crippen LogP contribution in [0.5, 0.6) is 0 Å². The van der Waals surface area contributed by atoms with Crippen LogP contribution >= 0.6 is 11.6 Å². The number of hydrogen-bond donors (Lipinski definition) is 3. The Bertz CT molecular complexity index is 1230. The largest absolute Gasteiger partial charge is 0.381 e. The van der Waals surface area contributed by atoms with Crippen molar-refractivity contribution in [2.45, 2.75) is 37.0 Å². The minimum atomic E-state index is -1.75. The minimum Gasteiger partial charge on any atom is -0.381 e. The van der Waals surface area contributed by atoms with Crippen molar-refractivity contribution in [2.75, 3.05) is 31.6 Å². The number of aromatic nitrogens is 1. The minimum absolute atomic E-state index is 0.0513. The van der Waals surface area contributed by atoms with E-state index in [2.05, 4.69) is 20.9 Å². The van der Waals surface area contributed by atoms with Gasteiger partial charge in [0.15, 0.2) is 0 Å². The van der Waals surface area contributed by atoms with E-state index in [0.29, 0.717) is 23.7 Å². The third-order valence-electron chi connectivity index (χ3n) is 6.76. The van der Waals surface area contributed by atoms with E-state index < -0.39 is 23.4 Å². The molecule has 0 radical (unpaired) electrons. The highest BCUT2D eigenvalue weighted by Crippen LogP contribution is 2.36. The monoisotopic (exact) mass is 500 g/mol. The fraction of sp³-hybridized carbons (Fsp3) is 0.385. The van der Waals surface area contributed by atoms with Gasteiger partial charge in [-0.15, -0.1) is 0 Å². The smallest absolute Gasteiger partial charge is 0.251 e. The summed E-state index contributed by atoms with van der Waals surface area (Å²) < 4.78 is 35.4. The summed E-state index contributed by atoms with van der Waals surface area (Å²) in [5.74, 6) is -0.358. The Morgan fingerprint density at radius 3 is 2.74 bits per heavy atom. The average Bonchev–Trinajstić information content (AvgIpc) is 3.31. The van der Waals surface area contributed by atoms with Gasteiger partial charge in [0.05, 0.1) is 11.1 Å². The standard InChI is InChI=1S/C26H27ClF2N4O2/c27-21-4-3-16(12-22(21)28)24(26(29)7-8-30-15-26)33-25(34)17-1-2-18-14-31-23(13-19(18)11-17)32-20-5-9-35-10-6-20/h1-4,11-14,20,24,30H,5-10,15H2,(H,31,32)(H,33,34). The Balaban J connectivity index is 1.40. The van der Waals surface area contributed by atoms with E-state index in [9.17, 15) is 9.18 Å². The van der Waals surface area contributed by atoms with Crippen molar-refractivity contribution in [1.29, 1.82) is 0 Å². The molecule has 184 valence electrons. The van der Waals surface area contributed by atoms with Gasteiger partial charge in [-0.3, -0.25) is 4.79 Å². The van der Waals surface area contributed by atoms with Crippen molar-refractivity contribution in [3.05, 3.63) is 70.6 Å². The molecule has 3 N–H and O–H groups in total. The van der Waals surface area contributed by atoms with Gasteiger partial charge < -0.3 is 20.7 Å². The van der Waals surface area contributed by atoms with Gasteiger partial charge in [-0.2, -0.15) is 0 Å². The van der Waals surface area contributed by atoms with E-state index in [-0.39, 0.29) is 18.0 Å². The molecule has 1 amide bonds. The van der Waals surface area contributed by atoms with Crippen molar-refractivity contribution in [3.8, 4) is 0 Å². The Morgan fingerprint density at radius 2 is 2.00 bits per heavy atom. The molecule has 2 aliphatic rings. The van der Waals surface area contributed by atoms with Crippen LogP contribution in [0.15, 0.2) is 48.7 Å². The number of pyridine rings is 1. The zero-order valence-electron chi connectivity index (χ0n) is 19.1. The van der Waals surface area contributed by atoms with Crippen LogP contribution in [0, 0.1) is 5.82 Å². The van der Waals surface area contributed by atoms with Crippen LogP contribution < -0.4 is 16.0 Å². The van der Waals surface area contributed by atoms with Crippen molar-refractivity contribution in [2.24, 2.45) is 0 Å². The SMILES string of the molecule is O=C(NC(c1ccc(Cl)c(F)c1)C1(F)CCNC1)c1ccc2cnc(NC3CCOCC3)cc2c1. The van der Waals surface area contributed by atoms with E-state index in [1.807, 2.05) is 12.1 Å². The molecule has 0 saturated carbocycles. The number of benzene rings is 2. The number of fused-ring (bicyclic) bond motifs is 1. The number of nitrogens with zero attached hydrogens (tertiary/aromatic N) is 1. The number of carbonyl (C=O) groups excluding carboxylic acids is 1. The molecular weight excluding hydrogens is 474 g/mol. The molecule has 0 aliphatic carbocycles. The number of alkyl halides is 1. The van der Waals surface area contributed by atoms with E-state index in [0.717, 1.165) is 42.6 Å². The van der Waals surface area contributed by atoms with Crippen LogP contribution in [-0.4, -0.2) is 48.9 Å². The molecule has 0 spiro atoms.